The molecular weight excluding hydrogens is 240 g/mol. The third-order valence-corrected chi connectivity index (χ3v) is 2.34. The van der Waals surface area contributed by atoms with Crippen molar-refractivity contribution in [1.82, 2.24) is 0 Å². The van der Waals surface area contributed by atoms with Gasteiger partial charge in [0.1, 0.15) is 12.2 Å². The first-order valence-corrected chi connectivity index (χ1v) is 4.26. The van der Waals surface area contributed by atoms with Gasteiger partial charge >= 0.3 is 0 Å². The van der Waals surface area contributed by atoms with Gasteiger partial charge in [-0.15, -0.1) is 0 Å². The first-order valence-electron chi connectivity index (χ1n) is 4.26. The Bertz CT molecular complexity index is 350. The second-order valence-electron chi connectivity index (χ2n) is 3.30. The summed E-state index contributed by atoms with van der Waals surface area (Å²) >= 11 is 0. The van der Waals surface area contributed by atoms with Crippen molar-refractivity contribution in [3.8, 4) is 0 Å². The highest BCUT2D eigenvalue weighted by Crippen LogP contribution is 2.32. The maximum atomic E-state index is 10.6. The van der Waals surface area contributed by atoms with Crippen molar-refractivity contribution in [3.63, 3.8) is 0 Å². The van der Waals surface area contributed by atoms with Gasteiger partial charge in [-0.2, -0.15) is 0 Å². The van der Waals surface area contributed by atoms with Crippen molar-refractivity contribution in [2.75, 3.05) is 0 Å². The van der Waals surface area contributed by atoms with Gasteiger partial charge in [-0.3, -0.25) is 0 Å². The highest BCUT2D eigenvalue weighted by molar-refractivity contribution is 5.90. The Labute approximate surface area is 93.2 Å². The molecule has 94 valence electrons. The number of rotatable bonds is 4. The van der Waals surface area contributed by atoms with Gasteiger partial charge in [-0.25, -0.2) is 0 Å². The fourth-order valence-electron chi connectivity index (χ4n) is 1.65. The zero-order valence-corrected chi connectivity index (χ0v) is 7.98. The van der Waals surface area contributed by atoms with E-state index >= 15 is 0 Å². The monoisotopic (exact) mass is 244 g/mol. The normalized spacial score (nSPS) is 32.0. The Morgan fingerprint density at radius 1 is 0.647 bits per heavy atom. The van der Waals surface area contributed by atoms with Crippen molar-refractivity contribution in [1.29, 1.82) is 0 Å². The van der Waals surface area contributed by atoms with Crippen LogP contribution in [0.15, 0.2) is 0 Å². The number of hydrogen-bond donors (Lipinski definition) is 0. The van der Waals surface area contributed by atoms with Crippen LogP contribution in [0, 0.1) is 11.8 Å². The van der Waals surface area contributed by atoms with Gasteiger partial charge in [-0.1, -0.05) is 0 Å². The topological polar surface area (TPSA) is 170 Å². The number of ether oxygens (including phenoxy) is 1. The standard InChI is InChI=1S/C8H8O9/c9-5(10)1-2(6(11)12)4(8(15)16)17-3(1)7(13)14/h1-4H,(H,9,10)(H,11,12)(H,13,14)(H,15,16)/p-4/t1-,2-,3-,4+/m0/s1. The van der Waals surface area contributed by atoms with Crippen molar-refractivity contribution in [3.05, 3.63) is 0 Å². The SMILES string of the molecule is O=C([O-])[C@H]1[C@H](C(=O)[O-])[C@H](C(=O)[O-])O[C@@H]1C(=O)[O-]. The molecule has 0 amide bonds. The van der Waals surface area contributed by atoms with E-state index in [1.165, 1.54) is 0 Å². The lowest BCUT2D eigenvalue weighted by atomic mass is 9.87. The van der Waals surface area contributed by atoms with E-state index in [-0.39, 0.29) is 0 Å². The Balaban J connectivity index is 3.17. The van der Waals surface area contributed by atoms with E-state index in [9.17, 15) is 39.6 Å². The van der Waals surface area contributed by atoms with Gasteiger partial charge in [-0.05, 0) is 0 Å². The molecule has 0 saturated carbocycles. The average Bonchev–Trinajstić information content (AvgIpc) is 2.56. The largest absolute Gasteiger partial charge is 0.550 e. The highest BCUT2D eigenvalue weighted by atomic mass is 16.6. The molecule has 1 aliphatic heterocycles. The van der Waals surface area contributed by atoms with E-state index in [1.54, 1.807) is 0 Å². The third-order valence-electron chi connectivity index (χ3n) is 2.34. The Morgan fingerprint density at radius 2 is 0.941 bits per heavy atom. The zero-order chi connectivity index (χ0) is 13.3. The van der Waals surface area contributed by atoms with Crippen LogP contribution in [0.1, 0.15) is 0 Å². The molecule has 0 N–H and O–H groups in total. The van der Waals surface area contributed by atoms with E-state index in [0.717, 1.165) is 0 Å². The van der Waals surface area contributed by atoms with Crippen LogP contribution in [-0.2, 0) is 23.9 Å². The summed E-state index contributed by atoms with van der Waals surface area (Å²) in [7, 11) is 0. The number of hydrogen-bond acceptors (Lipinski definition) is 9. The molecule has 9 heteroatoms. The molecule has 9 nitrogen and oxygen atoms in total. The van der Waals surface area contributed by atoms with E-state index in [4.69, 9.17) is 0 Å². The predicted octanol–water partition coefficient (Wildman–Crippen LogP) is -7.01. The van der Waals surface area contributed by atoms with Crippen LogP contribution in [0.3, 0.4) is 0 Å². The molecule has 0 aromatic carbocycles. The van der Waals surface area contributed by atoms with Crippen LogP contribution >= 0.6 is 0 Å². The smallest absolute Gasteiger partial charge is 0.106 e. The summed E-state index contributed by atoms with van der Waals surface area (Å²) in [4.78, 5) is 42.2. The minimum atomic E-state index is -2.24. The first-order chi connectivity index (χ1) is 7.77. The number of aliphatic carboxylic acids is 4. The molecule has 1 heterocycles. The second kappa shape index (κ2) is 4.37. The minimum Gasteiger partial charge on any atom is -0.550 e. The van der Waals surface area contributed by atoms with Gasteiger partial charge in [0, 0.05) is 23.8 Å². The summed E-state index contributed by atoms with van der Waals surface area (Å²) < 4.78 is 4.27. The summed E-state index contributed by atoms with van der Waals surface area (Å²) in [5.74, 6) is -12.7. The van der Waals surface area contributed by atoms with Gasteiger partial charge in [0.05, 0.1) is 11.9 Å². The predicted molar refractivity (Wildman–Crippen MR) is 35.7 cm³/mol. The van der Waals surface area contributed by atoms with Gasteiger partial charge in [0.2, 0.25) is 0 Å². The summed E-state index contributed by atoms with van der Waals surface area (Å²) in [6.45, 7) is 0. The molecule has 1 fully saturated rings. The van der Waals surface area contributed by atoms with Crippen molar-refractivity contribution < 1.29 is 44.3 Å². The molecule has 1 rings (SSSR count). The molecule has 0 radical (unpaired) electrons. The highest BCUT2D eigenvalue weighted by Gasteiger charge is 2.47. The molecule has 0 spiro atoms. The zero-order valence-electron chi connectivity index (χ0n) is 7.98. The Hall–Kier alpha value is -2.16. The molecule has 0 aromatic heterocycles. The van der Waals surface area contributed by atoms with Gasteiger partial charge in [0.15, 0.2) is 0 Å². The summed E-state index contributed by atoms with van der Waals surface area (Å²) in [6.07, 6.45) is -4.49. The van der Waals surface area contributed by atoms with E-state index < -0.39 is 47.9 Å². The van der Waals surface area contributed by atoms with Crippen LogP contribution in [-0.4, -0.2) is 36.1 Å². The number of carbonyl (C=O) groups excluding carboxylic acids is 4. The molecule has 17 heavy (non-hydrogen) atoms. The van der Waals surface area contributed by atoms with Crippen LogP contribution in [0.25, 0.3) is 0 Å². The van der Waals surface area contributed by atoms with Crippen molar-refractivity contribution in [2.24, 2.45) is 11.8 Å². The van der Waals surface area contributed by atoms with Crippen LogP contribution < -0.4 is 20.4 Å². The maximum Gasteiger partial charge on any atom is 0.106 e. The van der Waals surface area contributed by atoms with Crippen LogP contribution in [0.2, 0.25) is 0 Å². The van der Waals surface area contributed by atoms with Gasteiger partial charge < -0.3 is 44.3 Å². The quantitative estimate of drug-likeness (QED) is 0.465. The maximum absolute atomic E-state index is 10.6. The molecule has 4 atom stereocenters. The molecule has 0 aliphatic carbocycles. The summed E-state index contributed by atoms with van der Waals surface area (Å²) in [5, 5.41) is 42.2. The Morgan fingerprint density at radius 3 is 1.12 bits per heavy atom. The second-order valence-corrected chi connectivity index (χ2v) is 3.30. The molecule has 1 saturated heterocycles. The number of carboxylic acid groups (broad SMARTS) is 4. The molecule has 0 bridgehead atoms. The van der Waals surface area contributed by atoms with Crippen LogP contribution in [0.4, 0.5) is 0 Å². The van der Waals surface area contributed by atoms with E-state index in [2.05, 4.69) is 4.74 Å². The fourth-order valence-corrected chi connectivity index (χ4v) is 1.65. The fraction of sp³-hybridized carbons (Fsp3) is 0.500. The molecule has 0 unspecified atom stereocenters. The first kappa shape index (κ1) is 12.9. The lowest BCUT2D eigenvalue weighted by Crippen LogP contribution is -2.52. The Kier molecular flexibility index (Phi) is 3.32. The van der Waals surface area contributed by atoms with Crippen molar-refractivity contribution in [2.45, 2.75) is 12.2 Å². The average molecular weight is 244 g/mol. The number of carboxylic acids is 4. The summed E-state index contributed by atoms with van der Waals surface area (Å²) in [6, 6.07) is 0. The van der Waals surface area contributed by atoms with Crippen molar-refractivity contribution >= 4 is 23.9 Å². The molecule has 1 aliphatic rings. The van der Waals surface area contributed by atoms with E-state index in [1.807, 2.05) is 0 Å². The number of carbonyl (C=O) groups is 4. The van der Waals surface area contributed by atoms with Crippen LogP contribution in [0.5, 0.6) is 0 Å². The molecular formula is C8H4O9-4. The third kappa shape index (κ3) is 2.18. The van der Waals surface area contributed by atoms with E-state index in [0.29, 0.717) is 0 Å². The minimum absolute atomic E-state index is 2.06. The summed E-state index contributed by atoms with van der Waals surface area (Å²) in [5.41, 5.74) is 0. The lowest BCUT2D eigenvalue weighted by Gasteiger charge is -2.26. The molecule has 0 aromatic rings. The van der Waals surface area contributed by atoms with Gasteiger partial charge in [0.25, 0.3) is 0 Å². The lowest BCUT2D eigenvalue weighted by molar-refractivity contribution is -0.332.